The van der Waals surface area contributed by atoms with Gasteiger partial charge in [0.1, 0.15) is 10.1 Å². The van der Waals surface area contributed by atoms with E-state index in [-0.39, 0.29) is 6.04 Å². The van der Waals surface area contributed by atoms with Gasteiger partial charge in [-0.15, -0.1) is 11.3 Å². The second kappa shape index (κ2) is 6.41. The lowest BCUT2D eigenvalue weighted by molar-refractivity contribution is 0.407. The van der Waals surface area contributed by atoms with E-state index in [0.29, 0.717) is 0 Å². The van der Waals surface area contributed by atoms with Gasteiger partial charge in [-0.2, -0.15) is 0 Å². The van der Waals surface area contributed by atoms with Crippen LogP contribution in [-0.4, -0.2) is 17.8 Å². The van der Waals surface area contributed by atoms with Gasteiger partial charge in [0.05, 0.1) is 7.11 Å². The standard InChI is InChI=1S/C14H18N2OS2/c1-9-4-5-13(17-3)11(6-9)12(15)8-19-14-16-10(2)7-18-14/h4-7,12H,8,15H2,1-3H3. The number of aromatic nitrogens is 1. The van der Waals surface area contributed by atoms with Crippen LogP contribution in [0, 0.1) is 13.8 Å². The highest BCUT2D eigenvalue weighted by Gasteiger charge is 2.13. The van der Waals surface area contributed by atoms with Crippen molar-refractivity contribution in [1.82, 2.24) is 4.98 Å². The summed E-state index contributed by atoms with van der Waals surface area (Å²) in [6, 6.07) is 6.05. The summed E-state index contributed by atoms with van der Waals surface area (Å²) in [5.41, 5.74) is 9.59. The number of hydrogen-bond donors (Lipinski definition) is 1. The lowest BCUT2D eigenvalue weighted by Crippen LogP contribution is -2.14. The molecule has 1 aromatic carbocycles. The first-order valence-electron chi connectivity index (χ1n) is 6.05. The van der Waals surface area contributed by atoms with Crippen LogP contribution in [0.5, 0.6) is 5.75 Å². The van der Waals surface area contributed by atoms with Crippen LogP contribution in [0.2, 0.25) is 0 Å². The highest BCUT2D eigenvalue weighted by atomic mass is 32.2. The van der Waals surface area contributed by atoms with Gasteiger partial charge in [0, 0.05) is 28.4 Å². The number of aryl methyl sites for hydroxylation is 2. The van der Waals surface area contributed by atoms with Crippen molar-refractivity contribution >= 4 is 23.1 Å². The predicted octanol–water partition coefficient (Wildman–Crippen LogP) is 3.56. The fraction of sp³-hybridized carbons (Fsp3) is 0.357. The van der Waals surface area contributed by atoms with Crippen LogP contribution in [0.1, 0.15) is 22.9 Å². The van der Waals surface area contributed by atoms with E-state index in [1.165, 1.54) is 5.56 Å². The number of nitrogens with two attached hydrogens (primary N) is 1. The summed E-state index contributed by atoms with van der Waals surface area (Å²) in [7, 11) is 1.68. The van der Waals surface area contributed by atoms with Gasteiger partial charge >= 0.3 is 0 Å². The number of hydrogen-bond acceptors (Lipinski definition) is 5. The first kappa shape index (κ1) is 14.4. The third kappa shape index (κ3) is 3.72. The molecular weight excluding hydrogens is 276 g/mol. The normalized spacial score (nSPS) is 12.4. The Morgan fingerprint density at radius 3 is 2.84 bits per heavy atom. The minimum atomic E-state index is -0.0518. The summed E-state index contributed by atoms with van der Waals surface area (Å²) in [5, 5.41) is 2.06. The molecule has 0 aliphatic rings. The van der Waals surface area contributed by atoms with Gasteiger partial charge in [0.2, 0.25) is 0 Å². The molecule has 1 unspecified atom stereocenters. The largest absolute Gasteiger partial charge is 0.496 e. The van der Waals surface area contributed by atoms with Crippen LogP contribution >= 0.6 is 23.1 Å². The molecular formula is C14H18N2OS2. The van der Waals surface area contributed by atoms with Crippen molar-refractivity contribution in [2.75, 3.05) is 12.9 Å². The Balaban J connectivity index is 2.06. The second-order valence-electron chi connectivity index (χ2n) is 4.42. The summed E-state index contributed by atoms with van der Waals surface area (Å²) in [4.78, 5) is 4.43. The number of thiazole rings is 1. The number of methoxy groups -OCH3 is 1. The summed E-state index contributed by atoms with van der Waals surface area (Å²) in [6.07, 6.45) is 0. The summed E-state index contributed by atoms with van der Waals surface area (Å²) >= 11 is 3.36. The predicted molar refractivity (Wildman–Crippen MR) is 82.2 cm³/mol. The van der Waals surface area contributed by atoms with E-state index in [1.807, 2.05) is 19.1 Å². The van der Waals surface area contributed by atoms with Gasteiger partial charge in [-0.25, -0.2) is 4.98 Å². The van der Waals surface area contributed by atoms with Crippen molar-refractivity contribution in [3.8, 4) is 5.75 Å². The van der Waals surface area contributed by atoms with Crippen molar-refractivity contribution in [1.29, 1.82) is 0 Å². The van der Waals surface area contributed by atoms with Crippen molar-refractivity contribution in [2.24, 2.45) is 5.73 Å². The zero-order chi connectivity index (χ0) is 13.8. The Morgan fingerprint density at radius 1 is 1.42 bits per heavy atom. The average molecular weight is 294 g/mol. The Bertz CT molecular complexity index is 554. The Hall–Kier alpha value is -1.04. The maximum absolute atomic E-state index is 6.27. The lowest BCUT2D eigenvalue weighted by Gasteiger charge is -2.15. The van der Waals surface area contributed by atoms with E-state index in [4.69, 9.17) is 10.5 Å². The molecule has 2 aromatic rings. The molecule has 0 saturated carbocycles. The van der Waals surface area contributed by atoms with E-state index >= 15 is 0 Å². The monoisotopic (exact) mass is 294 g/mol. The number of nitrogens with zero attached hydrogens (tertiary/aromatic N) is 1. The van der Waals surface area contributed by atoms with Crippen LogP contribution < -0.4 is 10.5 Å². The van der Waals surface area contributed by atoms with Gasteiger partial charge in [-0.1, -0.05) is 29.5 Å². The molecule has 0 radical (unpaired) electrons. The van der Waals surface area contributed by atoms with Crippen molar-refractivity contribution in [3.05, 3.63) is 40.4 Å². The molecule has 1 atom stereocenters. The van der Waals surface area contributed by atoms with Crippen LogP contribution in [0.4, 0.5) is 0 Å². The molecule has 1 heterocycles. The zero-order valence-corrected chi connectivity index (χ0v) is 13.0. The first-order valence-corrected chi connectivity index (χ1v) is 7.91. The fourth-order valence-electron chi connectivity index (χ4n) is 1.79. The molecule has 0 aliphatic carbocycles. The minimum absolute atomic E-state index is 0.0518. The third-order valence-electron chi connectivity index (χ3n) is 2.77. The summed E-state index contributed by atoms with van der Waals surface area (Å²) < 4.78 is 6.44. The van der Waals surface area contributed by atoms with Crippen LogP contribution in [-0.2, 0) is 0 Å². The van der Waals surface area contributed by atoms with E-state index in [1.54, 1.807) is 30.2 Å². The van der Waals surface area contributed by atoms with E-state index in [2.05, 4.69) is 23.4 Å². The molecule has 5 heteroatoms. The van der Waals surface area contributed by atoms with Crippen LogP contribution in [0.15, 0.2) is 27.9 Å². The number of rotatable bonds is 5. The molecule has 3 nitrogen and oxygen atoms in total. The Kier molecular flexibility index (Phi) is 4.85. The molecule has 102 valence electrons. The van der Waals surface area contributed by atoms with Gasteiger partial charge in [0.15, 0.2) is 0 Å². The average Bonchev–Trinajstić information content (AvgIpc) is 2.81. The fourth-order valence-corrected chi connectivity index (χ4v) is 3.64. The smallest absolute Gasteiger partial charge is 0.150 e. The molecule has 0 fully saturated rings. The summed E-state index contributed by atoms with van der Waals surface area (Å²) in [6.45, 7) is 4.07. The maximum Gasteiger partial charge on any atom is 0.150 e. The number of thioether (sulfide) groups is 1. The molecule has 1 aromatic heterocycles. The zero-order valence-electron chi connectivity index (χ0n) is 11.3. The topological polar surface area (TPSA) is 48.1 Å². The molecule has 19 heavy (non-hydrogen) atoms. The Morgan fingerprint density at radius 2 is 2.21 bits per heavy atom. The molecule has 2 rings (SSSR count). The van der Waals surface area contributed by atoms with E-state index < -0.39 is 0 Å². The molecule has 0 amide bonds. The minimum Gasteiger partial charge on any atom is -0.496 e. The van der Waals surface area contributed by atoms with Crippen molar-refractivity contribution in [2.45, 2.75) is 24.2 Å². The van der Waals surface area contributed by atoms with Gasteiger partial charge in [0.25, 0.3) is 0 Å². The first-order chi connectivity index (χ1) is 9.10. The molecule has 2 N–H and O–H groups in total. The van der Waals surface area contributed by atoms with Crippen LogP contribution in [0.3, 0.4) is 0 Å². The maximum atomic E-state index is 6.27. The van der Waals surface area contributed by atoms with Crippen molar-refractivity contribution < 1.29 is 4.74 Å². The molecule has 0 spiro atoms. The Labute approximate surface area is 122 Å². The highest BCUT2D eigenvalue weighted by molar-refractivity contribution is 8.01. The lowest BCUT2D eigenvalue weighted by atomic mass is 10.1. The highest BCUT2D eigenvalue weighted by Crippen LogP contribution is 2.30. The number of benzene rings is 1. The summed E-state index contributed by atoms with van der Waals surface area (Å²) in [5.74, 6) is 1.65. The molecule has 0 saturated heterocycles. The molecule has 0 aliphatic heterocycles. The van der Waals surface area contributed by atoms with E-state index in [0.717, 1.165) is 27.1 Å². The second-order valence-corrected chi connectivity index (χ2v) is 6.54. The van der Waals surface area contributed by atoms with Crippen molar-refractivity contribution in [3.63, 3.8) is 0 Å². The van der Waals surface area contributed by atoms with Crippen LogP contribution in [0.25, 0.3) is 0 Å². The quantitative estimate of drug-likeness (QED) is 0.857. The van der Waals surface area contributed by atoms with Gasteiger partial charge in [-0.05, 0) is 19.9 Å². The third-order valence-corrected chi connectivity index (χ3v) is 5.03. The SMILES string of the molecule is COc1ccc(C)cc1C(N)CSc1nc(C)cs1. The molecule has 0 bridgehead atoms. The van der Waals surface area contributed by atoms with Gasteiger partial charge in [-0.3, -0.25) is 0 Å². The van der Waals surface area contributed by atoms with Gasteiger partial charge < -0.3 is 10.5 Å². The van der Waals surface area contributed by atoms with E-state index in [9.17, 15) is 0 Å². The number of ether oxygens (including phenoxy) is 1.